The number of nitrogens with one attached hydrogen (secondary N) is 1. The van der Waals surface area contributed by atoms with Crippen LogP contribution >= 0.6 is 0 Å². The summed E-state index contributed by atoms with van der Waals surface area (Å²) in [4.78, 5) is 9.93. The van der Waals surface area contributed by atoms with Gasteiger partial charge in [-0.2, -0.15) is 0 Å². The van der Waals surface area contributed by atoms with Gasteiger partial charge < -0.3 is 10.4 Å². The molecular weight excluding hydrogens is 214 g/mol. The van der Waals surface area contributed by atoms with Crippen molar-refractivity contribution < 1.29 is 9.90 Å². The van der Waals surface area contributed by atoms with E-state index in [1.54, 1.807) is 6.92 Å². The quantitative estimate of drug-likeness (QED) is 0.840. The second-order valence-electron chi connectivity index (χ2n) is 3.69. The van der Waals surface area contributed by atoms with Crippen molar-refractivity contribution >= 4 is 17.7 Å². The summed E-state index contributed by atoms with van der Waals surface area (Å²) in [6, 6.07) is 8.05. The minimum atomic E-state index is -0.706. The van der Waals surface area contributed by atoms with Gasteiger partial charge in [0.2, 0.25) is 0 Å². The van der Waals surface area contributed by atoms with Crippen molar-refractivity contribution in [2.24, 2.45) is 5.92 Å². The number of para-hydroxylation sites is 1. The van der Waals surface area contributed by atoms with Crippen LogP contribution in [-0.4, -0.2) is 18.1 Å². The van der Waals surface area contributed by atoms with Crippen LogP contribution in [0.25, 0.3) is 6.08 Å². The van der Waals surface area contributed by atoms with Gasteiger partial charge in [0.05, 0.1) is 5.92 Å². The Labute approximate surface area is 103 Å². The summed E-state index contributed by atoms with van der Waals surface area (Å²) in [6.07, 6.45) is 2.56. The fourth-order valence-corrected chi connectivity index (χ4v) is 1.08. The third kappa shape index (κ3) is 5.76. The van der Waals surface area contributed by atoms with Crippen LogP contribution in [0.4, 0.5) is 5.69 Å². The molecule has 0 aliphatic rings. The van der Waals surface area contributed by atoms with Crippen LogP contribution < -0.4 is 5.32 Å². The Morgan fingerprint density at radius 1 is 1.53 bits per heavy atom. The van der Waals surface area contributed by atoms with Crippen LogP contribution in [0, 0.1) is 5.92 Å². The van der Waals surface area contributed by atoms with Gasteiger partial charge in [0.1, 0.15) is 0 Å². The molecule has 0 saturated heterocycles. The number of aliphatic carboxylic acids is 1. The molecule has 2 N–H and O–H groups in total. The summed E-state index contributed by atoms with van der Waals surface area (Å²) in [5.74, 6) is -0.887. The summed E-state index contributed by atoms with van der Waals surface area (Å²) in [5, 5.41) is 11.3. The molecule has 1 aromatic rings. The van der Waals surface area contributed by atoms with E-state index < -0.39 is 5.97 Å². The first kappa shape index (κ1) is 15.2. The van der Waals surface area contributed by atoms with E-state index in [1.165, 1.54) is 0 Å². The Bertz CT molecular complexity index is 361. The van der Waals surface area contributed by atoms with Crippen molar-refractivity contribution in [3.05, 3.63) is 36.4 Å². The maximum atomic E-state index is 9.93. The molecule has 1 atom stereocenters. The molecule has 0 aromatic heterocycles. The highest BCUT2D eigenvalue weighted by atomic mass is 16.4. The normalized spacial score (nSPS) is 10.8. The highest BCUT2D eigenvalue weighted by Gasteiger charge is 2.05. The SMILES string of the molecule is C=Cc1ccccc1NC.CCC(C)C(=O)O. The average molecular weight is 235 g/mol. The zero-order valence-corrected chi connectivity index (χ0v) is 10.7. The number of hydrogen-bond acceptors (Lipinski definition) is 2. The third-order valence-corrected chi connectivity index (χ3v) is 2.48. The topological polar surface area (TPSA) is 49.3 Å². The largest absolute Gasteiger partial charge is 0.481 e. The van der Waals surface area contributed by atoms with Crippen molar-refractivity contribution in [2.45, 2.75) is 20.3 Å². The van der Waals surface area contributed by atoms with E-state index in [0.29, 0.717) is 0 Å². The van der Waals surface area contributed by atoms with E-state index >= 15 is 0 Å². The molecule has 17 heavy (non-hydrogen) atoms. The van der Waals surface area contributed by atoms with E-state index in [1.807, 2.05) is 44.3 Å². The first-order chi connectivity index (χ1) is 8.06. The van der Waals surface area contributed by atoms with E-state index in [4.69, 9.17) is 5.11 Å². The monoisotopic (exact) mass is 235 g/mol. The molecular formula is C14H21NO2. The lowest BCUT2D eigenvalue weighted by atomic mass is 10.1. The van der Waals surface area contributed by atoms with Gasteiger partial charge in [0.25, 0.3) is 0 Å². The van der Waals surface area contributed by atoms with Gasteiger partial charge in [-0.15, -0.1) is 0 Å². The van der Waals surface area contributed by atoms with Crippen molar-refractivity contribution in [3.8, 4) is 0 Å². The molecule has 1 rings (SSSR count). The number of carbonyl (C=O) groups is 1. The first-order valence-electron chi connectivity index (χ1n) is 5.68. The third-order valence-electron chi connectivity index (χ3n) is 2.48. The van der Waals surface area contributed by atoms with Gasteiger partial charge in [-0.05, 0) is 18.1 Å². The maximum absolute atomic E-state index is 9.93. The fraction of sp³-hybridized carbons (Fsp3) is 0.357. The Balaban J connectivity index is 0.000000325. The van der Waals surface area contributed by atoms with Crippen LogP contribution in [-0.2, 0) is 4.79 Å². The fourth-order valence-electron chi connectivity index (χ4n) is 1.08. The highest BCUT2D eigenvalue weighted by Crippen LogP contribution is 2.14. The van der Waals surface area contributed by atoms with Gasteiger partial charge in [-0.3, -0.25) is 4.79 Å². The van der Waals surface area contributed by atoms with Crippen LogP contribution in [0.2, 0.25) is 0 Å². The molecule has 3 nitrogen and oxygen atoms in total. The van der Waals surface area contributed by atoms with Crippen LogP contribution in [0.5, 0.6) is 0 Å². The van der Waals surface area contributed by atoms with Crippen molar-refractivity contribution in [3.63, 3.8) is 0 Å². The number of benzene rings is 1. The molecule has 3 heteroatoms. The predicted octanol–water partition coefficient (Wildman–Crippen LogP) is 3.49. The summed E-state index contributed by atoms with van der Waals surface area (Å²) >= 11 is 0. The highest BCUT2D eigenvalue weighted by molar-refractivity contribution is 5.69. The second-order valence-corrected chi connectivity index (χ2v) is 3.69. The second kappa shape index (κ2) is 8.39. The van der Waals surface area contributed by atoms with Crippen LogP contribution in [0.3, 0.4) is 0 Å². The summed E-state index contributed by atoms with van der Waals surface area (Å²) < 4.78 is 0. The van der Waals surface area contributed by atoms with Gasteiger partial charge >= 0.3 is 5.97 Å². The Hall–Kier alpha value is -1.77. The number of hydrogen-bond donors (Lipinski definition) is 2. The minimum absolute atomic E-state index is 0.181. The first-order valence-corrected chi connectivity index (χ1v) is 5.68. The molecule has 0 spiro atoms. The maximum Gasteiger partial charge on any atom is 0.306 e. The van der Waals surface area contributed by atoms with Gasteiger partial charge in [0.15, 0.2) is 0 Å². The molecule has 0 amide bonds. The zero-order chi connectivity index (χ0) is 13.3. The molecule has 0 saturated carbocycles. The lowest BCUT2D eigenvalue weighted by Gasteiger charge is -2.02. The standard InChI is InChI=1S/C9H11N.C5H10O2/c1-3-8-6-4-5-7-9(8)10-2;1-3-4(2)5(6)7/h3-7,10H,1H2,2H3;4H,3H2,1-2H3,(H,6,7). The Kier molecular flexibility index (Phi) is 7.52. The Morgan fingerprint density at radius 2 is 2.12 bits per heavy atom. The number of carboxylic acids is 1. The van der Waals surface area contributed by atoms with E-state index in [0.717, 1.165) is 17.7 Å². The van der Waals surface area contributed by atoms with E-state index in [-0.39, 0.29) is 5.92 Å². The summed E-state index contributed by atoms with van der Waals surface area (Å²) in [6.45, 7) is 7.26. The number of rotatable bonds is 4. The smallest absolute Gasteiger partial charge is 0.306 e. The molecule has 0 bridgehead atoms. The molecule has 1 unspecified atom stereocenters. The molecule has 0 aliphatic heterocycles. The van der Waals surface area contributed by atoms with Gasteiger partial charge in [-0.25, -0.2) is 0 Å². The number of anilines is 1. The van der Waals surface area contributed by atoms with E-state index in [2.05, 4.69) is 11.9 Å². The van der Waals surface area contributed by atoms with Crippen LogP contribution in [0.15, 0.2) is 30.8 Å². The van der Waals surface area contributed by atoms with Crippen molar-refractivity contribution in [1.82, 2.24) is 0 Å². The summed E-state index contributed by atoms with van der Waals surface area (Å²) in [7, 11) is 1.91. The van der Waals surface area contributed by atoms with Gasteiger partial charge in [0, 0.05) is 12.7 Å². The van der Waals surface area contributed by atoms with E-state index in [9.17, 15) is 4.79 Å². The lowest BCUT2D eigenvalue weighted by Crippen LogP contribution is -2.06. The zero-order valence-electron chi connectivity index (χ0n) is 10.7. The minimum Gasteiger partial charge on any atom is -0.481 e. The van der Waals surface area contributed by atoms with Crippen LogP contribution in [0.1, 0.15) is 25.8 Å². The number of carboxylic acid groups (broad SMARTS) is 1. The molecule has 1 aromatic carbocycles. The molecule has 0 heterocycles. The predicted molar refractivity (Wildman–Crippen MR) is 73.2 cm³/mol. The van der Waals surface area contributed by atoms with Crippen molar-refractivity contribution in [2.75, 3.05) is 12.4 Å². The Morgan fingerprint density at radius 3 is 2.41 bits per heavy atom. The lowest BCUT2D eigenvalue weighted by molar-refractivity contribution is -0.141. The molecule has 94 valence electrons. The van der Waals surface area contributed by atoms with Gasteiger partial charge in [-0.1, -0.05) is 44.7 Å². The summed E-state index contributed by atoms with van der Waals surface area (Å²) in [5.41, 5.74) is 2.27. The van der Waals surface area contributed by atoms with Crippen molar-refractivity contribution in [1.29, 1.82) is 0 Å². The molecule has 0 radical (unpaired) electrons. The molecule has 0 aliphatic carbocycles. The molecule has 0 fully saturated rings. The average Bonchev–Trinajstić information content (AvgIpc) is 2.38.